The summed E-state index contributed by atoms with van der Waals surface area (Å²) in [4.78, 5) is 8.85. The van der Waals surface area contributed by atoms with Crippen molar-refractivity contribution in [2.75, 3.05) is 5.32 Å². The van der Waals surface area contributed by atoms with Gasteiger partial charge in [-0.3, -0.25) is 0 Å². The van der Waals surface area contributed by atoms with Crippen LogP contribution in [-0.2, 0) is 19.7 Å². The predicted octanol–water partition coefficient (Wildman–Crippen LogP) is 3.80. The number of halogens is 1. The molecular weight excluding hydrogens is 434 g/mol. The number of aliphatic hydroxyl groups is 1. The number of aryl methyl sites for hydroxylation is 2. The standard InChI is InChI=1S/C21H24BrN5O2/c1-12-7-15(10-24)8-13(2)19(12)29-20-18(22)17(11-28)26-21(27-20)25-16-5-3-14(9-23)4-6-16/h3-8,28H,9-11,23-24H2,1-2H3,(H,25,26,27). The molecule has 3 rings (SSSR count). The fraction of sp³-hybridized carbons (Fsp3) is 0.238. The average Bonchev–Trinajstić information content (AvgIpc) is 2.72. The topological polar surface area (TPSA) is 119 Å². The molecule has 1 aromatic heterocycles. The van der Waals surface area contributed by atoms with E-state index < -0.39 is 0 Å². The zero-order valence-corrected chi connectivity index (χ0v) is 18.0. The number of nitrogens with two attached hydrogens (primary N) is 2. The van der Waals surface area contributed by atoms with Crippen LogP contribution in [0.3, 0.4) is 0 Å². The number of hydrogen-bond donors (Lipinski definition) is 4. The van der Waals surface area contributed by atoms with Crippen LogP contribution in [0.2, 0.25) is 0 Å². The molecule has 7 nitrogen and oxygen atoms in total. The Morgan fingerprint density at radius 3 is 2.17 bits per heavy atom. The second-order valence-corrected chi connectivity index (χ2v) is 7.46. The van der Waals surface area contributed by atoms with Crippen LogP contribution in [0.25, 0.3) is 0 Å². The van der Waals surface area contributed by atoms with Gasteiger partial charge in [0.2, 0.25) is 11.8 Å². The molecular formula is C21H24BrN5O2. The molecule has 1 heterocycles. The van der Waals surface area contributed by atoms with Gasteiger partial charge in [0.1, 0.15) is 10.2 Å². The first-order chi connectivity index (χ1) is 13.9. The molecule has 0 saturated carbocycles. The van der Waals surface area contributed by atoms with Crippen molar-refractivity contribution < 1.29 is 9.84 Å². The van der Waals surface area contributed by atoms with Gasteiger partial charge in [-0.2, -0.15) is 4.98 Å². The molecule has 0 aliphatic heterocycles. The third-order valence-electron chi connectivity index (χ3n) is 4.44. The lowest BCUT2D eigenvalue weighted by molar-refractivity contribution is 0.275. The molecule has 2 aromatic carbocycles. The molecule has 3 aromatic rings. The van der Waals surface area contributed by atoms with E-state index in [4.69, 9.17) is 16.2 Å². The molecule has 0 atom stereocenters. The Balaban J connectivity index is 1.95. The number of benzene rings is 2. The lowest BCUT2D eigenvalue weighted by Gasteiger charge is -2.16. The minimum absolute atomic E-state index is 0.260. The lowest BCUT2D eigenvalue weighted by atomic mass is 10.1. The van der Waals surface area contributed by atoms with Crippen LogP contribution in [0, 0.1) is 13.8 Å². The van der Waals surface area contributed by atoms with Crippen molar-refractivity contribution in [2.24, 2.45) is 11.5 Å². The highest BCUT2D eigenvalue weighted by molar-refractivity contribution is 9.10. The summed E-state index contributed by atoms with van der Waals surface area (Å²) in [6, 6.07) is 11.6. The zero-order valence-electron chi connectivity index (χ0n) is 16.4. The molecule has 0 spiro atoms. The maximum atomic E-state index is 9.71. The minimum atomic E-state index is -0.260. The molecule has 0 fully saturated rings. The largest absolute Gasteiger partial charge is 0.437 e. The maximum absolute atomic E-state index is 9.71. The summed E-state index contributed by atoms with van der Waals surface area (Å²) in [5.41, 5.74) is 16.6. The van der Waals surface area contributed by atoms with Gasteiger partial charge in [-0.25, -0.2) is 4.98 Å². The van der Waals surface area contributed by atoms with Crippen LogP contribution in [0.1, 0.15) is 27.9 Å². The maximum Gasteiger partial charge on any atom is 0.238 e. The Hall–Kier alpha value is -2.52. The van der Waals surface area contributed by atoms with E-state index >= 15 is 0 Å². The van der Waals surface area contributed by atoms with Crippen LogP contribution in [0.4, 0.5) is 11.6 Å². The predicted molar refractivity (Wildman–Crippen MR) is 117 cm³/mol. The summed E-state index contributed by atoms with van der Waals surface area (Å²) in [5, 5.41) is 12.9. The van der Waals surface area contributed by atoms with Crippen molar-refractivity contribution in [3.05, 3.63) is 68.8 Å². The van der Waals surface area contributed by atoms with Crippen LogP contribution in [-0.4, -0.2) is 15.1 Å². The summed E-state index contributed by atoms with van der Waals surface area (Å²) in [6.07, 6.45) is 0. The fourth-order valence-corrected chi connectivity index (χ4v) is 3.35. The second kappa shape index (κ2) is 9.32. The van der Waals surface area contributed by atoms with Gasteiger partial charge in [-0.05, 0) is 64.2 Å². The van der Waals surface area contributed by atoms with Crippen LogP contribution in [0.15, 0.2) is 40.9 Å². The third-order valence-corrected chi connectivity index (χ3v) is 5.24. The number of nitrogens with one attached hydrogen (secondary N) is 1. The monoisotopic (exact) mass is 457 g/mol. The summed E-state index contributed by atoms with van der Waals surface area (Å²) >= 11 is 3.44. The van der Waals surface area contributed by atoms with Gasteiger partial charge in [0.15, 0.2) is 0 Å². The lowest BCUT2D eigenvalue weighted by Crippen LogP contribution is -2.05. The Kier molecular flexibility index (Phi) is 6.81. The SMILES string of the molecule is Cc1cc(CN)cc(C)c1Oc1nc(Nc2ccc(CN)cc2)nc(CO)c1Br. The van der Waals surface area contributed by atoms with Crippen molar-refractivity contribution in [3.8, 4) is 11.6 Å². The number of ether oxygens (including phenoxy) is 1. The number of aliphatic hydroxyl groups excluding tert-OH is 1. The molecule has 0 unspecified atom stereocenters. The van der Waals surface area contributed by atoms with E-state index in [1.807, 2.05) is 50.2 Å². The smallest absolute Gasteiger partial charge is 0.238 e. The minimum Gasteiger partial charge on any atom is -0.437 e. The Morgan fingerprint density at radius 2 is 1.62 bits per heavy atom. The number of hydrogen-bond acceptors (Lipinski definition) is 7. The number of anilines is 2. The van der Waals surface area contributed by atoms with Crippen LogP contribution < -0.4 is 21.5 Å². The molecule has 152 valence electrons. The van der Waals surface area contributed by atoms with E-state index in [1.165, 1.54) is 0 Å². The summed E-state index contributed by atoms with van der Waals surface area (Å²) in [6.45, 7) is 4.60. The number of aromatic nitrogens is 2. The van der Waals surface area contributed by atoms with E-state index in [9.17, 15) is 5.11 Å². The molecule has 0 amide bonds. The highest BCUT2D eigenvalue weighted by Gasteiger charge is 2.16. The first kappa shape index (κ1) is 21.2. The van der Waals surface area contributed by atoms with E-state index in [0.717, 1.165) is 27.9 Å². The van der Waals surface area contributed by atoms with Gasteiger partial charge in [0, 0.05) is 18.8 Å². The molecule has 0 aliphatic carbocycles. The highest BCUT2D eigenvalue weighted by Crippen LogP contribution is 2.35. The Labute approximate surface area is 178 Å². The van der Waals surface area contributed by atoms with Gasteiger partial charge >= 0.3 is 0 Å². The van der Waals surface area contributed by atoms with Crippen molar-refractivity contribution in [2.45, 2.75) is 33.5 Å². The molecule has 8 heteroatoms. The van der Waals surface area contributed by atoms with Crippen molar-refractivity contribution >= 4 is 27.6 Å². The van der Waals surface area contributed by atoms with E-state index in [1.54, 1.807) is 0 Å². The quantitative estimate of drug-likeness (QED) is 0.425. The second-order valence-electron chi connectivity index (χ2n) is 6.66. The van der Waals surface area contributed by atoms with Gasteiger partial charge in [0.25, 0.3) is 0 Å². The van der Waals surface area contributed by atoms with Crippen LogP contribution in [0.5, 0.6) is 11.6 Å². The van der Waals surface area contributed by atoms with Gasteiger partial charge in [-0.1, -0.05) is 24.3 Å². The zero-order chi connectivity index (χ0) is 21.0. The van der Waals surface area contributed by atoms with Crippen LogP contribution >= 0.6 is 15.9 Å². The summed E-state index contributed by atoms with van der Waals surface area (Å²) < 4.78 is 6.63. The summed E-state index contributed by atoms with van der Waals surface area (Å²) in [7, 11) is 0. The van der Waals surface area contributed by atoms with Crippen molar-refractivity contribution in [1.29, 1.82) is 0 Å². The van der Waals surface area contributed by atoms with Crippen molar-refractivity contribution in [1.82, 2.24) is 9.97 Å². The Bertz CT molecular complexity index is 986. The average molecular weight is 458 g/mol. The third kappa shape index (κ3) is 4.91. The molecule has 0 bridgehead atoms. The van der Waals surface area contributed by atoms with E-state index in [2.05, 4.69) is 31.2 Å². The van der Waals surface area contributed by atoms with Gasteiger partial charge in [0.05, 0.1) is 12.3 Å². The molecule has 0 saturated heterocycles. The van der Waals surface area contributed by atoms with Gasteiger partial charge < -0.3 is 26.6 Å². The number of nitrogens with zero attached hydrogens (tertiary/aromatic N) is 2. The number of rotatable bonds is 7. The van der Waals surface area contributed by atoms with E-state index in [-0.39, 0.29) is 6.61 Å². The molecule has 0 radical (unpaired) electrons. The molecule has 0 aliphatic rings. The first-order valence-electron chi connectivity index (χ1n) is 9.16. The Morgan fingerprint density at radius 1 is 1.00 bits per heavy atom. The molecule has 6 N–H and O–H groups in total. The van der Waals surface area contributed by atoms with Gasteiger partial charge in [-0.15, -0.1) is 0 Å². The van der Waals surface area contributed by atoms with Crippen molar-refractivity contribution in [3.63, 3.8) is 0 Å². The summed E-state index contributed by atoms with van der Waals surface area (Å²) in [5.74, 6) is 1.34. The van der Waals surface area contributed by atoms with E-state index in [0.29, 0.717) is 40.8 Å². The fourth-order valence-electron chi connectivity index (χ4n) is 2.97. The highest BCUT2D eigenvalue weighted by atomic mass is 79.9. The molecule has 29 heavy (non-hydrogen) atoms. The normalized spacial score (nSPS) is 10.8. The first-order valence-corrected chi connectivity index (χ1v) is 9.95.